The number of nitrogens with zero attached hydrogens (tertiary/aromatic N) is 2. The Hall–Kier alpha value is -2.22. The maximum atomic E-state index is 12.8. The average molecular weight is 537 g/mol. The first kappa shape index (κ1) is 29.8. The van der Waals surface area contributed by atoms with E-state index in [0.717, 1.165) is 24.2 Å². The van der Waals surface area contributed by atoms with Gasteiger partial charge in [-0.3, -0.25) is 0 Å². The van der Waals surface area contributed by atoms with E-state index >= 15 is 0 Å². The number of sulfone groups is 2. The molecule has 0 unspecified atom stereocenters. The van der Waals surface area contributed by atoms with Crippen LogP contribution in [0.1, 0.15) is 38.1 Å². The largest absolute Gasteiger partial charge is 0.502 e. The molecule has 14 heteroatoms. The first-order valence-corrected chi connectivity index (χ1v) is 13.0. The van der Waals surface area contributed by atoms with Crippen LogP contribution in [0.25, 0.3) is 0 Å². The lowest BCUT2D eigenvalue weighted by molar-refractivity contribution is -0.705. The van der Waals surface area contributed by atoms with E-state index in [9.17, 15) is 43.2 Å². The maximum absolute atomic E-state index is 12.8. The van der Waals surface area contributed by atoms with Crippen LogP contribution < -0.4 is 9.13 Å². The Balaban J connectivity index is 0.000000479. The van der Waals surface area contributed by atoms with E-state index in [1.165, 1.54) is 12.1 Å². The summed E-state index contributed by atoms with van der Waals surface area (Å²) in [6, 6.07) is 6.49. The van der Waals surface area contributed by atoms with Crippen molar-refractivity contribution in [3.8, 4) is 0 Å². The number of halogens is 6. The van der Waals surface area contributed by atoms with Crippen molar-refractivity contribution in [2.45, 2.75) is 74.4 Å². The standard InChI is InChI=1S/C11H12F6NO4S2.C9H14N/c1-3-5-18-6-4-8(23(19,20)10(12,13)14)9(7(18)2)24(21,22)11(15,16)17;1-3-7-10-8-5-4-6-9(10)2/h4,6H,3,5H2,1-2H3;4-6,8H,3,7H2,1-2H3/q2*+1. The fraction of sp³-hybridized carbons (Fsp3) is 0.500. The van der Waals surface area contributed by atoms with Crippen LogP contribution in [0, 0.1) is 13.8 Å². The highest BCUT2D eigenvalue weighted by molar-refractivity contribution is 7.95. The van der Waals surface area contributed by atoms with Gasteiger partial charge in [0.15, 0.2) is 28.7 Å². The van der Waals surface area contributed by atoms with Crippen LogP contribution in [-0.4, -0.2) is 27.9 Å². The number of aryl methyl sites for hydroxylation is 3. The van der Waals surface area contributed by atoms with Crippen LogP contribution in [-0.2, 0) is 32.8 Å². The van der Waals surface area contributed by atoms with Crippen LogP contribution in [0.2, 0.25) is 0 Å². The molecular formula is C20H26F6N2O4S2+2. The summed E-state index contributed by atoms with van der Waals surface area (Å²) in [6.07, 6.45) is 4.45. The number of pyridine rings is 2. The minimum absolute atomic E-state index is 0.0153. The van der Waals surface area contributed by atoms with Gasteiger partial charge in [0.05, 0.1) is 0 Å². The van der Waals surface area contributed by atoms with Gasteiger partial charge < -0.3 is 0 Å². The molecule has 192 valence electrons. The molecule has 0 aliphatic rings. The molecule has 0 saturated heterocycles. The molecule has 0 saturated carbocycles. The number of rotatable bonds is 6. The molecule has 0 N–H and O–H groups in total. The van der Waals surface area contributed by atoms with Crippen molar-refractivity contribution in [2.75, 3.05) is 0 Å². The van der Waals surface area contributed by atoms with E-state index in [-0.39, 0.29) is 12.6 Å². The molecule has 0 amide bonds. The lowest BCUT2D eigenvalue weighted by atomic mass is 10.3. The van der Waals surface area contributed by atoms with Crippen molar-refractivity contribution in [2.24, 2.45) is 0 Å². The summed E-state index contributed by atoms with van der Waals surface area (Å²) < 4.78 is 126. The Morgan fingerprint density at radius 1 is 0.735 bits per heavy atom. The van der Waals surface area contributed by atoms with E-state index in [2.05, 4.69) is 42.8 Å². The molecule has 0 spiro atoms. The van der Waals surface area contributed by atoms with Gasteiger partial charge in [-0.15, -0.1) is 0 Å². The molecule has 0 atom stereocenters. The van der Waals surface area contributed by atoms with Gasteiger partial charge in [0.25, 0.3) is 19.7 Å². The molecule has 0 fully saturated rings. The molecule has 0 aliphatic carbocycles. The zero-order chi connectivity index (χ0) is 26.5. The molecule has 0 aliphatic heterocycles. The lowest BCUT2D eigenvalue weighted by Gasteiger charge is -2.15. The lowest BCUT2D eigenvalue weighted by Crippen LogP contribution is -2.41. The van der Waals surface area contributed by atoms with Crippen LogP contribution in [0.5, 0.6) is 0 Å². The number of aromatic nitrogens is 2. The smallest absolute Gasteiger partial charge is 0.214 e. The Kier molecular flexibility index (Phi) is 9.66. The summed E-state index contributed by atoms with van der Waals surface area (Å²) >= 11 is 0. The molecule has 0 bridgehead atoms. The number of hydrogen-bond acceptors (Lipinski definition) is 4. The molecular weight excluding hydrogens is 510 g/mol. The average Bonchev–Trinajstić information content (AvgIpc) is 2.70. The third-order valence-electron chi connectivity index (χ3n) is 4.65. The van der Waals surface area contributed by atoms with Gasteiger partial charge in [0, 0.05) is 44.9 Å². The van der Waals surface area contributed by atoms with Gasteiger partial charge in [-0.25, -0.2) is 26.0 Å². The topological polar surface area (TPSA) is 76.0 Å². The zero-order valence-electron chi connectivity index (χ0n) is 18.9. The van der Waals surface area contributed by atoms with Gasteiger partial charge in [-0.1, -0.05) is 19.9 Å². The Morgan fingerprint density at radius 2 is 1.24 bits per heavy atom. The normalized spacial score (nSPS) is 12.8. The van der Waals surface area contributed by atoms with E-state index in [1.54, 1.807) is 6.92 Å². The summed E-state index contributed by atoms with van der Waals surface area (Å²) in [5.41, 5.74) is -11.3. The quantitative estimate of drug-likeness (QED) is 0.414. The van der Waals surface area contributed by atoms with Gasteiger partial charge in [-0.2, -0.15) is 26.3 Å². The second-order valence-corrected chi connectivity index (χ2v) is 11.0. The Bertz CT molecular complexity index is 1210. The van der Waals surface area contributed by atoms with Gasteiger partial charge in [0.1, 0.15) is 18.0 Å². The van der Waals surface area contributed by atoms with Gasteiger partial charge in [0.2, 0.25) is 0 Å². The highest BCUT2D eigenvalue weighted by atomic mass is 32.2. The van der Waals surface area contributed by atoms with E-state index in [4.69, 9.17) is 0 Å². The molecule has 2 rings (SSSR count). The first-order valence-electron chi connectivity index (χ1n) is 10.0. The van der Waals surface area contributed by atoms with Crippen LogP contribution in [0.3, 0.4) is 0 Å². The van der Waals surface area contributed by atoms with E-state index in [1.807, 2.05) is 0 Å². The van der Waals surface area contributed by atoms with Crippen LogP contribution >= 0.6 is 0 Å². The highest BCUT2D eigenvalue weighted by Gasteiger charge is 2.56. The first-order chi connectivity index (χ1) is 15.4. The summed E-state index contributed by atoms with van der Waals surface area (Å²) in [4.78, 5) is -3.86. The van der Waals surface area contributed by atoms with Gasteiger partial charge in [-0.05, 0) is 0 Å². The minimum atomic E-state index is -6.32. The summed E-state index contributed by atoms with van der Waals surface area (Å²) in [5.74, 6) is 0. The second-order valence-electron chi connectivity index (χ2n) is 7.22. The van der Waals surface area contributed by atoms with E-state index in [0.29, 0.717) is 6.42 Å². The van der Waals surface area contributed by atoms with Crippen LogP contribution in [0.4, 0.5) is 26.3 Å². The summed E-state index contributed by atoms with van der Waals surface area (Å²) in [7, 11) is -12.6. The number of hydrogen-bond donors (Lipinski definition) is 0. The number of alkyl halides is 6. The van der Waals surface area contributed by atoms with Crippen LogP contribution in [0.15, 0.2) is 46.5 Å². The zero-order valence-corrected chi connectivity index (χ0v) is 20.5. The van der Waals surface area contributed by atoms with Crippen molar-refractivity contribution in [3.63, 3.8) is 0 Å². The second kappa shape index (κ2) is 11.0. The summed E-state index contributed by atoms with van der Waals surface area (Å²) in [5, 5.41) is 0. The third-order valence-corrected chi connectivity index (χ3v) is 7.97. The van der Waals surface area contributed by atoms with Crippen molar-refractivity contribution in [1.82, 2.24) is 0 Å². The van der Waals surface area contributed by atoms with Crippen molar-refractivity contribution < 1.29 is 52.3 Å². The fourth-order valence-corrected chi connectivity index (χ4v) is 5.58. The van der Waals surface area contributed by atoms with Crippen molar-refractivity contribution >= 4 is 19.7 Å². The predicted octanol–water partition coefficient (Wildman–Crippen LogP) is 3.97. The van der Waals surface area contributed by atoms with Crippen molar-refractivity contribution in [1.29, 1.82) is 0 Å². The summed E-state index contributed by atoms with van der Waals surface area (Å²) in [6.45, 7) is 7.84. The maximum Gasteiger partial charge on any atom is 0.502 e. The molecule has 2 aromatic heterocycles. The molecule has 0 aromatic carbocycles. The SMILES string of the molecule is CCC[n+]1ccc(S(=O)(=O)C(F)(F)F)c(S(=O)(=O)C(F)(F)F)c1C.CCC[n+]1ccccc1C. The molecule has 6 nitrogen and oxygen atoms in total. The predicted molar refractivity (Wildman–Crippen MR) is 110 cm³/mol. The molecule has 34 heavy (non-hydrogen) atoms. The minimum Gasteiger partial charge on any atom is -0.214 e. The van der Waals surface area contributed by atoms with Gasteiger partial charge >= 0.3 is 11.0 Å². The highest BCUT2D eigenvalue weighted by Crippen LogP contribution is 2.39. The fourth-order valence-electron chi connectivity index (χ4n) is 2.97. The third kappa shape index (κ3) is 6.46. The Morgan fingerprint density at radius 3 is 1.68 bits per heavy atom. The Labute approximate surface area is 194 Å². The monoisotopic (exact) mass is 536 g/mol. The molecule has 2 heterocycles. The molecule has 2 aromatic rings. The molecule has 0 radical (unpaired) electrons. The van der Waals surface area contributed by atoms with Crippen molar-refractivity contribution in [3.05, 3.63) is 48.0 Å². The van der Waals surface area contributed by atoms with E-state index < -0.39 is 46.2 Å².